The second-order valence-electron chi connectivity index (χ2n) is 4.73. The minimum Gasteiger partial charge on any atom is -0.481 e. The lowest BCUT2D eigenvalue weighted by atomic mass is 9.99. The van der Waals surface area contributed by atoms with Crippen LogP contribution in [0, 0.1) is 0 Å². The molecule has 0 aromatic heterocycles. The fourth-order valence-electron chi connectivity index (χ4n) is 1.75. The van der Waals surface area contributed by atoms with Crippen LogP contribution in [0.4, 0.5) is 5.69 Å². The van der Waals surface area contributed by atoms with Crippen molar-refractivity contribution in [2.45, 2.75) is 45.4 Å². The van der Waals surface area contributed by atoms with Crippen LogP contribution in [0.1, 0.15) is 51.0 Å². The molecule has 104 valence electrons. The minimum absolute atomic E-state index is 0.0281. The molecule has 0 saturated heterocycles. The highest BCUT2D eigenvalue weighted by atomic mass is 16.4. The Morgan fingerprint density at radius 3 is 2.37 bits per heavy atom. The van der Waals surface area contributed by atoms with E-state index in [1.807, 2.05) is 24.3 Å². The van der Waals surface area contributed by atoms with Gasteiger partial charge in [0.25, 0.3) is 0 Å². The number of carboxylic acid groups (broad SMARTS) is 1. The molecule has 2 N–H and O–H groups in total. The van der Waals surface area contributed by atoms with Crippen LogP contribution in [-0.2, 0) is 9.59 Å². The number of carbonyl (C=O) groups excluding carboxylic acids is 1. The topological polar surface area (TPSA) is 66.4 Å². The summed E-state index contributed by atoms with van der Waals surface area (Å²) in [5.74, 6) is -0.497. The maximum atomic E-state index is 11.6. The lowest BCUT2D eigenvalue weighted by Gasteiger charge is -2.10. The van der Waals surface area contributed by atoms with E-state index >= 15 is 0 Å². The van der Waals surface area contributed by atoms with Gasteiger partial charge < -0.3 is 10.4 Å². The van der Waals surface area contributed by atoms with E-state index in [1.165, 1.54) is 5.56 Å². The van der Waals surface area contributed by atoms with E-state index < -0.39 is 5.97 Å². The van der Waals surface area contributed by atoms with Crippen molar-refractivity contribution >= 4 is 17.6 Å². The Morgan fingerprint density at radius 2 is 1.84 bits per heavy atom. The minimum atomic E-state index is -0.870. The summed E-state index contributed by atoms with van der Waals surface area (Å²) in [4.78, 5) is 21.9. The van der Waals surface area contributed by atoms with Crippen molar-refractivity contribution in [1.29, 1.82) is 0 Å². The summed E-state index contributed by atoms with van der Waals surface area (Å²) in [7, 11) is 0. The predicted molar refractivity (Wildman–Crippen MR) is 75.3 cm³/mol. The van der Waals surface area contributed by atoms with Gasteiger partial charge >= 0.3 is 5.97 Å². The third-order valence-corrected chi connectivity index (χ3v) is 3.17. The van der Waals surface area contributed by atoms with Crippen molar-refractivity contribution in [2.24, 2.45) is 0 Å². The van der Waals surface area contributed by atoms with E-state index in [0.29, 0.717) is 12.3 Å². The maximum Gasteiger partial charge on any atom is 0.303 e. The Morgan fingerprint density at radius 1 is 1.21 bits per heavy atom. The van der Waals surface area contributed by atoms with Gasteiger partial charge in [0.05, 0.1) is 0 Å². The van der Waals surface area contributed by atoms with E-state index in [2.05, 4.69) is 19.2 Å². The molecule has 0 fully saturated rings. The zero-order valence-electron chi connectivity index (χ0n) is 11.5. The number of aliphatic carboxylic acids is 1. The number of hydrogen-bond donors (Lipinski definition) is 2. The molecule has 0 aliphatic carbocycles. The van der Waals surface area contributed by atoms with E-state index in [-0.39, 0.29) is 18.7 Å². The molecule has 4 nitrogen and oxygen atoms in total. The number of carbonyl (C=O) groups is 2. The molecule has 0 aliphatic heterocycles. The van der Waals surface area contributed by atoms with Gasteiger partial charge in [0, 0.05) is 18.5 Å². The number of hydrogen-bond acceptors (Lipinski definition) is 2. The zero-order chi connectivity index (χ0) is 14.3. The molecule has 0 heterocycles. The van der Waals surface area contributed by atoms with Gasteiger partial charge in [-0.05, 0) is 36.5 Å². The monoisotopic (exact) mass is 263 g/mol. The summed E-state index contributed by atoms with van der Waals surface area (Å²) >= 11 is 0. The van der Waals surface area contributed by atoms with Crippen LogP contribution in [0.25, 0.3) is 0 Å². The first-order valence-electron chi connectivity index (χ1n) is 6.64. The molecule has 1 rings (SSSR count). The molecule has 19 heavy (non-hydrogen) atoms. The molecule has 0 aliphatic rings. The van der Waals surface area contributed by atoms with E-state index in [4.69, 9.17) is 5.11 Å². The van der Waals surface area contributed by atoms with E-state index in [9.17, 15) is 9.59 Å². The molecule has 1 amide bonds. The second kappa shape index (κ2) is 7.56. The first-order valence-corrected chi connectivity index (χ1v) is 6.64. The van der Waals surface area contributed by atoms with Gasteiger partial charge in [-0.25, -0.2) is 0 Å². The SMILES string of the molecule is CC[C@H](C)c1ccc(NC(=O)CCCC(=O)O)cc1. The Balaban J connectivity index is 2.44. The van der Waals surface area contributed by atoms with Gasteiger partial charge in [-0.2, -0.15) is 0 Å². The summed E-state index contributed by atoms with van der Waals surface area (Å²) in [6.07, 6.45) is 1.72. The summed E-state index contributed by atoms with van der Waals surface area (Å²) in [5.41, 5.74) is 2.01. The Kier molecular flexibility index (Phi) is 6.06. The third-order valence-electron chi connectivity index (χ3n) is 3.17. The van der Waals surface area contributed by atoms with Crippen molar-refractivity contribution in [3.8, 4) is 0 Å². The van der Waals surface area contributed by atoms with Crippen molar-refractivity contribution < 1.29 is 14.7 Å². The van der Waals surface area contributed by atoms with E-state index in [0.717, 1.165) is 12.1 Å². The maximum absolute atomic E-state index is 11.6. The van der Waals surface area contributed by atoms with Crippen LogP contribution >= 0.6 is 0 Å². The van der Waals surface area contributed by atoms with Crippen LogP contribution in [0.2, 0.25) is 0 Å². The Bertz CT molecular complexity index is 426. The highest BCUT2D eigenvalue weighted by Crippen LogP contribution is 2.20. The smallest absolute Gasteiger partial charge is 0.303 e. The number of rotatable bonds is 7. The quantitative estimate of drug-likeness (QED) is 0.792. The molecule has 0 saturated carbocycles. The average molecular weight is 263 g/mol. The van der Waals surface area contributed by atoms with Gasteiger partial charge in [-0.1, -0.05) is 26.0 Å². The molecule has 1 aromatic rings. The van der Waals surface area contributed by atoms with Gasteiger partial charge in [0.2, 0.25) is 5.91 Å². The van der Waals surface area contributed by atoms with Gasteiger partial charge in [-0.15, -0.1) is 0 Å². The molecular formula is C15H21NO3. The number of carboxylic acids is 1. The van der Waals surface area contributed by atoms with Crippen molar-refractivity contribution in [3.05, 3.63) is 29.8 Å². The van der Waals surface area contributed by atoms with Gasteiger partial charge in [0.1, 0.15) is 0 Å². The standard InChI is InChI=1S/C15H21NO3/c1-3-11(2)12-7-9-13(10-8-12)16-14(17)5-4-6-15(18)19/h7-11H,3-6H2,1-2H3,(H,16,17)(H,18,19)/t11-/m0/s1. The zero-order valence-corrected chi connectivity index (χ0v) is 11.5. The molecule has 0 radical (unpaired) electrons. The molecular weight excluding hydrogens is 242 g/mol. The number of nitrogens with one attached hydrogen (secondary N) is 1. The molecule has 1 atom stereocenters. The van der Waals surface area contributed by atoms with Crippen molar-refractivity contribution in [3.63, 3.8) is 0 Å². The average Bonchev–Trinajstić information content (AvgIpc) is 2.38. The molecule has 0 bridgehead atoms. The van der Waals surface area contributed by atoms with E-state index in [1.54, 1.807) is 0 Å². The van der Waals surface area contributed by atoms with Gasteiger partial charge in [-0.3, -0.25) is 9.59 Å². The fraction of sp³-hybridized carbons (Fsp3) is 0.467. The van der Waals surface area contributed by atoms with Crippen LogP contribution in [-0.4, -0.2) is 17.0 Å². The van der Waals surface area contributed by atoms with Crippen molar-refractivity contribution in [2.75, 3.05) is 5.32 Å². The molecule has 0 spiro atoms. The Hall–Kier alpha value is -1.84. The van der Waals surface area contributed by atoms with Crippen LogP contribution < -0.4 is 5.32 Å². The fourth-order valence-corrected chi connectivity index (χ4v) is 1.75. The highest BCUT2D eigenvalue weighted by molar-refractivity contribution is 5.90. The van der Waals surface area contributed by atoms with Crippen molar-refractivity contribution in [1.82, 2.24) is 0 Å². The largest absolute Gasteiger partial charge is 0.481 e. The third kappa shape index (κ3) is 5.55. The van der Waals surface area contributed by atoms with Crippen LogP contribution in [0.15, 0.2) is 24.3 Å². The number of amides is 1. The number of anilines is 1. The molecule has 4 heteroatoms. The second-order valence-corrected chi connectivity index (χ2v) is 4.73. The first kappa shape index (κ1) is 15.2. The first-order chi connectivity index (χ1) is 9.02. The Labute approximate surface area is 113 Å². The molecule has 1 aromatic carbocycles. The lowest BCUT2D eigenvalue weighted by molar-refractivity contribution is -0.137. The molecule has 0 unspecified atom stereocenters. The lowest BCUT2D eigenvalue weighted by Crippen LogP contribution is -2.11. The summed E-state index contributed by atoms with van der Waals surface area (Å²) in [6.45, 7) is 4.31. The summed E-state index contributed by atoms with van der Waals surface area (Å²) < 4.78 is 0. The van der Waals surface area contributed by atoms with Crippen LogP contribution in [0.5, 0.6) is 0 Å². The summed E-state index contributed by atoms with van der Waals surface area (Å²) in [5, 5.41) is 11.3. The number of benzene rings is 1. The van der Waals surface area contributed by atoms with Gasteiger partial charge in [0.15, 0.2) is 0 Å². The predicted octanol–water partition coefficient (Wildman–Crippen LogP) is 3.39. The highest BCUT2D eigenvalue weighted by Gasteiger charge is 2.06. The van der Waals surface area contributed by atoms with Crippen LogP contribution in [0.3, 0.4) is 0 Å². The summed E-state index contributed by atoms with van der Waals surface area (Å²) in [6, 6.07) is 7.80. The normalized spacial score (nSPS) is 11.9.